The molecule has 0 saturated carbocycles. The number of fused-ring (bicyclic) bond motifs is 2. The molecular weight excluding hydrogens is 302 g/mol. The highest BCUT2D eigenvalue weighted by Crippen LogP contribution is 2.33. The van der Waals surface area contributed by atoms with E-state index in [9.17, 15) is 5.11 Å². The number of hydrogen-bond donors (Lipinski definition) is 2. The van der Waals surface area contributed by atoms with E-state index in [4.69, 9.17) is 10.8 Å². The van der Waals surface area contributed by atoms with E-state index in [1.54, 1.807) is 12.1 Å². The molecule has 0 spiro atoms. The van der Waals surface area contributed by atoms with Crippen molar-refractivity contribution < 1.29 is 5.11 Å². The zero-order chi connectivity index (χ0) is 16.8. The number of rotatable bonds is 2. The van der Waals surface area contributed by atoms with E-state index in [1.807, 2.05) is 28.9 Å². The third kappa shape index (κ3) is 2.15. The van der Waals surface area contributed by atoms with Crippen molar-refractivity contribution in [2.75, 3.05) is 5.73 Å². The van der Waals surface area contributed by atoms with Crippen LogP contribution in [0.4, 0.5) is 5.82 Å². The minimum absolute atomic E-state index is 0.160. The average molecular weight is 319 g/mol. The fourth-order valence-electron chi connectivity index (χ4n) is 2.94. The third-order valence-electron chi connectivity index (χ3n) is 4.10. The van der Waals surface area contributed by atoms with Gasteiger partial charge in [0.15, 0.2) is 5.65 Å². The van der Waals surface area contributed by atoms with Crippen LogP contribution in [0.3, 0.4) is 0 Å². The smallest absolute Gasteiger partial charge is 0.164 e. The van der Waals surface area contributed by atoms with Crippen molar-refractivity contribution in [3.05, 3.63) is 42.7 Å². The fourth-order valence-corrected chi connectivity index (χ4v) is 2.94. The van der Waals surface area contributed by atoms with Gasteiger partial charge in [-0.05, 0) is 42.8 Å². The van der Waals surface area contributed by atoms with Crippen molar-refractivity contribution in [3.63, 3.8) is 0 Å². The summed E-state index contributed by atoms with van der Waals surface area (Å²) in [5.74, 6) is 0.676. The van der Waals surface area contributed by atoms with Gasteiger partial charge in [-0.15, -0.1) is 0 Å². The van der Waals surface area contributed by atoms with Gasteiger partial charge in [0.05, 0.1) is 5.39 Å². The molecular formula is C18H17N5O. The van der Waals surface area contributed by atoms with Gasteiger partial charge in [0.1, 0.15) is 23.6 Å². The average Bonchev–Trinajstić information content (AvgIpc) is 2.95. The molecule has 0 aliphatic carbocycles. The molecule has 0 aliphatic rings. The van der Waals surface area contributed by atoms with E-state index in [1.165, 1.54) is 6.33 Å². The first-order valence-electron chi connectivity index (χ1n) is 7.76. The first-order valence-corrected chi connectivity index (χ1v) is 7.76. The second-order valence-corrected chi connectivity index (χ2v) is 6.09. The first kappa shape index (κ1) is 14.4. The van der Waals surface area contributed by atoms with Crippen molar-refractivity contribution in [1.82, 2.24) is 19.7 Å². The molecule has 0 atom stereocenters. The van der Waals surface area contributed by atoms with Crippen LogP contribution in [0.5, 0.6) is 5.75 Å². The predicted octanol–water partition coefficient (Wildman–Crippen LogP) is 3.52. The largest absolute Gasteiger partial charge is 0.508 e. The monoisotopic (exact) mass is 319 g/mol. The molecule has 0 aliphatic heterocycles. The van der Waals surface area contributed by atoms with Crippen molar-refractivity contribution in [1.29, 1.82) is 0 Å². The van der Waals surface area contributed by atoms with Gasteiger partial charge in [-0.25, -0.2) is 14.6 Å². The summed E-state index contributed by atoms with van der Waals surface area (Å²) in [6.07, 6.45) is 1.46. The second kappa shape index (κ2) is 5.19. The maximum absolute atomic E-state index is 9.61. The number of phenolic OH excluding ortho intramolecular Hbond substituents is 1. The van der Waals surface area contributed by atoms with E-state index in [-0.39, 0.29) is 11.8 Å². The van der Waals surface area contributed by atoms with Crippen molar-refractivity contribution >= 4 is 27.6 Å². The minimum atomic E-state index is 0.160. The predicted molar refractivity (Wildman–Crippen MR) is 94.7 cm³/mol. The highest BCUT2D eigenvalue weighted by molar-refractivity contribution is 6.00. The van der Waals surface area contributed by atoms with Gasteiger partial charge in [0.25, 0.3) is 0 Å². The van der Waals surface area contributed by atoms with Crippen LogP contribution in [0.25, 0.3) is 33.1 Å². The van der Waals surface area contributed by atoms with E-state index < -0.39 is 0 Å². The molecule has 2 heterocycles. The summed E-state index contributed by atoms with van der Waals surface area (Å²) < 4.78 is 1.86. The van der Waals surface area contributed by atoms with Crippen LogP contribution in [-0.2, 0) is 0 Å². The van der Waals surface area contributed by atoms with Crippen LogP contribution < -0.4 is 5.73 Å². The molecule has 120 valence electrons. The van der Waals surface area contributed by atoms with E-state index in [0.717, 1.165) is 33.1 Å². The number of benzene rings is 2. The molecule has 0 fully saturated rings. The molecule has 0 amide bonds. The number of nitrogens with zero attached hydrogens (tertiary/aromatic N) is 4. The minimum Gasteiger partial charge on any atom is -0.508 e. The lowest BCUT2D eigenvalue weighted by Gasteiger charge is -2.05. The Hall–Kier alpha value is -3.15. The molecule has 0 radical (unpaired) electrons. The summed E-state index contributed by atoms with van der Waals surface area (Å²) in [5.41, 5.74) is 8.55. The summed E-state index contributed by atoms with van der Waals surface area (Å²) in [6.45, 7) is 4.11. The number of phenols is 1. The Morgan fingerprint density at radius 3 is 2.58 bits per heavy atom. The van der Waals surface area contributed by atoms with Crippen LogP contribution in [0.1, 0.15) is 19.9 Å². The highest BCUT2D eigenvalue weighted by Gasteiger charge is 2.18. The van der Waals surface area contributed by atoms with Gasteiger partial charge in [-0.3, -0.25) is 0 Å². The number of nitrogen functional groups attached to an aromatic ring is 1. The lowest BCUT2D eigenvalue weighted by molar-refractivity contribution is 0.476. The van der Waals surface area contributed by atoms with Crippen LogP contribution in [-0.4, -0.2) is 24.9 Å². The van der Waals surface area contributed by atoms with E-state index in [2.05, 4.69) is 23.8 Å². The van der Waals surface area contributed by atoms with Crippen molar-refractivity contribution in [2.24, 2.45) is 0 Å². The quantitative estimate of drug-likeness (QED) is 0.590. The topological polar surface area (TPSA) is 89.8 Å². The van der Waals surface area contributed by atoms with Gasteiger partial charge in [-0.1, -0.05) is 18.2 Å². The van der Waals surface area contributed by atoms with E-state index >= 15 is 0 Å². The number of hydrogen-bond acceptors (Lipinski definition) is 5. The normalized spacial score (nSPS) is 11.6. The summed E-state index contributed by atoms with van der Waals surface area (Å²) in [7, 11) is 0. The van der Waals surface area contributed by atoms with Crippen LogP contribution in [0, 0.1) is 0 Å². The van der Waals surface area contributed by atoms with Crippen LogP contribution in [0.15, 0.2) is 42.7 Å². The Kier molecular flexibility index (Phi) is 3.13. The Bertz CT molecular complexity index is 1070. The summed E-state index contributed by atoms with van der Waals surface area (Å²) in [5, 5.41) is 17.1. The summed E-state index contributed by atoms with van der Waals surface area (Å²) in [4.78, 5) is 8.48. The molecule has 6 heteroatoms. The Labute approximate surface area is 138 Å². The van der Waals surface area contributed by atoms with Crippen molar-refractivity contribution in [2.45, 2.75) is 19.9 Å². The molecule has 0 unspecified atom stereocenters. The fraction of sp³-hybridized carbons (Fsp3) is 0.167. The highest BCUT2D eigenvalue weighted by atomic mass is 16.3. The molecule has 2 aromatic heterocycles. The van der Waals surface area contributed by atoms with Gasteiger partial charge >= 0.3 is 0 Å². The van der Waals surface area contributed by atoms with Crippen LogP contribution >= 0.6 is 0 Å². The standard InChI is InChI=1S/C18H17N5O/c1-10(2)23-18-15(17(19)20-9-21-18)16(22-23)13-4-3-12-8-14(24)6-5-11(12)7-13/h3-10,24H,1-2H3,(H2,19,20,21). The maximum Gasteiger partial charge on any atom is 0.164 e. The van der Waals surface area contributed by atoms with Gasteiger partial charge < -0.3 is 10.8 Å². The Balaban J connectivity index is 2.01. The summed E-state index contributed by atoms with van der Waals surface area (Å²) >= 11 is 0. The zero-order valence-electron chi connectivity index (χ0n) is 13.4. The van der Waals surface area contributed by atoms with Gasteiger partial charge in [0.2, 0.25) is 0 Å². The van der Waals surface area contributed by atoms with Gasteiger partial charge in [-0.2, -0.15) is 5.10 Å². The summed E-state index contributed by atoms with van der Waals surface area (Å²) in [6, 6.07) is 11.4. The molecule has 3 N–H and O–H groups in total. The van der Waals surface area contributed by atoms with Crippen LogP contribution in [0.2, 0.25) is 0 Å². The maximum atomic E-state index is 9.61. The number of anilines is 1. The molecule has 2 aromatic carbocycles. The lowest BCUT2D eigenvalue weighted by Crippen LogP contribution is -2.04. The molecule has 6 nitrogen and oxygen atoms in total. The number of nitrogens with two attached hydrogens (primary N) is 1. The van der Waals surface area contributed by atoms with E-state index in [0.29, 0.717) is 5.82 Å². The molecule has 24 heavy (non-hydrogen) atoms. The third-order valence-corrected chi connectivity index (χ3v) is 4.10. The molecule has 4 rings (SSSR count). The Morgan fingerprint density at radius 2 is 1.79 bits per heavy atom. The molecule has 0 bridgehead atoms. The number of aromatic hydroxyl groups is 1. The first-order chi connectivity index (χ1) is 11.5. The van der Waals surface area contributed by atoms with Gasteiger partial charge in [0, 0.05) is 11.6 Å². The number of aromatic nitrogens is 4. The molecule has 0 saturated heterocycles. The second-order valence-electron chi connectivity index (χ2n) is 6.09. The Morgan fingerprint density at radius 1 is 1.04 bits per heavy atom. The van der Waals surface area contributed by atoms with Crippen molar-refractivity contribution in [3.8, 4) is 17.0 Å². The SMILES string of the molecule is CC(C)n1nc(-c2ccc3cc(O)ccc3c2)c2c(N)ncnc21. The molecule has 4 aromatic rings. The zero-order valence-corrected chi connectivity index (χ0v) is 13.4. The lowest BCUT2D eigenvalue weighted by atomic mass is 10.0.